The summed E-state index contributed by atoms with van der Waals surface area (Å²) < 4.78 is 0. The van der Waals surface area contributed by atoms with Crippen LogP contribution in [-0.2, 0) is 4.79 Å². The highest BCUT2D eigenvalue weighted by atomic mass is 35.5. The largest absolute Gasteiger partial charge is 0.325 e. The van der Waals surface area contributed by atoms with Crippen molar-refractivity contribution < 1.29 is 4.79 Å². The normalized spacial score (nSPS) is 27.9. The van der Waals surface area contributed by atoms with Gasteiger partial charge in [-0.1, -0.05) is 13.8 Å². The van der Waals surface area contributed by atoms with Crippen LogP contribution in [0.15, 0.2) is 0 Å². The number of carbonyl (C=O) groups is 1. The van der Waals surface area contributed by atoms with Gasteiger partial charge in [0.15, 0.2) is 0 Å². The van der Waals surface area contributed by atoms with E-state index in [1.54, 1.807) is 4.90 Å². The highest BCUT2D eigenvalue weighted by Crippen LogP contribution is 2.21. The average molecular weight is 337 g/mol. The minimum Gasteiger partial charge on any atom is -0.325 e. The van der Waals surface area contributed by atoms with Gasteiger partial charge in [-0.25, -0.2) is 0 Å². The van der Waals surface area contributed by atoms with Gasteiger partial charge in [-0.2, -0.15) is 5.26 Å². The first-order valence-electron chi connectivity index (χ1n) is 7.38. The lowest BCUT2D eigenvalue weighted by atomic mass is 10.1. The number of hydrogen-bond donors (Lipinski definition) is 1. The number of halogens is 2. The summed E-state index contributed by atoms with van der Waals surface area (Å²) in [6.07, 6.45) is 2.65. The molecule has 0 aromatic heterocycles. The van der Waals surface area contributed by atoms with Crippen molar-refractivity contribution in [1.82, 2.24) is 15.1 Å². The van der Waals surface area contributed by atoms with Crippen LogP contribution in [-0.4, -0.2) is 60.0 Å². The second-order valence-electron chi connectivity index (χ2n) is 5.39. The van der Waals surface area contributed by atoms with Crippen molar-refractivity contribution in [3.8, 4) is 6.07 Å². The summed E-state index contributed by atoms with van der Waals surface area (Å²) >= 11 is 0. The van der Waals surface area contributed by atoms with Crippen molar-refractivity contribution in [2.24, 2.45) is 0 Å². The van der Waals surface area contributed by atoms with Crippen molar-refractivity contribution in [2.45, 2.75) is 51.2 Å². The van der Waals surface area contributed by atoms with Crippen molar-refractivity contribution in [3.05, 3.63) is 0 Å². The van der Waals surface area contributed by atoms with E-state index >= 15 is 0 Å². The lowest BCUT2D eigenvalue weighted by Gasteiger charge is -2.26. The monoisotopic (exact) mass is 336 g/mol. The van der Waals surface area contributed by atoms with E-state index in [0.717, 1.165) is 45.4 Å². The maximum Gasteiger partial charge on any atom is 0.240 e. The first-order chi connectivity index (χ1) is 9.21. The maximum atomic E-state index is 12.5. The van der Waals surface area contributed by atoms with Gasteiger partial charge in [-0.05, 0) is 32.4 Å². The summed E-state index contributed by atoms with van der Waals surface area (Å²) in [6, 6.07) is 2.39. The Morgan fingerprint density at radius 2 is 2.05 bits per heavy atom. The SMILES string of the molecule is CCN(CC)[C@@H]1CN[C@H](C(=O)N2CCCC2C#N)C1.Cl.Cl. The quantitative estimate of drug-likeness (QED) is 0.843. The van der Waals surface area contributed by atoms with Crippen molar-refractivity contribution >= 4 is 30.7 Å². The predicted octanol–water partition coefficient (Wildman–Crippen LogP) is 1.42. The Hall–Kier alpha value is -0.540. The van der Waals surface area contributed by atoms with Gasteiger partial charge in [-0.3, -0.25) is 9.69 Å². The van der Waals surface area contributed by atoms with E-state index in [0.29, 0.717) is 6.04 Å². The Labute approximate surface area is 139 Å². The molecule has 0 radical (unpaired) electrons. The number of nitrogens with one attached hydrogen (secondary N) is 1. The van der Waals surface area contributed by atoms with Gasteiger partial charge in [0.25, 0.3) is 0 Å². The molecule has 122 valence electrons. The van der Waals surface area contributed by atoms with Crippen LogP contribution in [0.3, 0.4) is 0 Å². The Balaban J connectivity index is 0.00000200. The second-order valence-corrected chi connectivity index (χ2v) is 5.39. The van der Waals surface area contributed by atoms with E-state index in [4.69, 9.17) is 5.26 Å². The molecular weight excluding hydrogens is 311 g/mol. The van der Waals surface area contributed by atoms with E-state index in [1.165, 1.54) is 0 Å². The molecule has 5 nitrogen and oxygen atoms in total. The van der Waals surface area contributed by atoms with Gasteiger partial charge in [0.2, 0.25) is 5.91 Å². The maximum absolute atomic E-state index is 12.5. The Morgan fingerprint density at radius 1 is 1.38 bits per heavy atom. The summed E-state index contributed by atoms with van der Waals surface area (Å²) in [5.74, 6) is 0.124. The number of amides is 1. The number of nitrogens with zero attached hydrogens (tertiary/aromatic N) is 3. The molecule has 2 aliphatic rings. The predicted molar refractivity (Wildman–Crippen MR) is 88.0 cm³/mol. The lowest BCUT2D eigenvalue weighted by Crippen LogP contribution is -2.45. The molecule has 21 heavy (non-hydrogen) atoms. The zero-order valence-electron chi connectivity index (χ0n) is 12.7. The number of hydrogen-bond acceptors (Lipinski definition) is 4. The van der Waals surface area contributed by atoms with Gasteiger partial charge in [0.1, 0.15) is 6.04 Å². The molecule has 7 heteroatoms. The highest BCUT2D eigenvalue weighted by molar-refractivity contribution is 5.85. The van der Waals surface area contributed by atoms with Crippen LogP contribution in [0.1, 0.15) is 33.1 Å². The molecule has 3 atom stereocenters. The van der Waals surface area contributed by atoms with Crippen molar-refractivity contribution in [2.75, 3.05) is 26.2 Å². The van der Waals surface area contributed by atoms with E-state index in [1.807, 2.05) is 0 Å². The Morgan fingerprint density at radius 3 is 2.62 bits per heavy atom. The fourth-order valence-corrected chi connectivity index (χ4v) is 3.29. The number of likely N-dealkylation sites (tertiary alicyclic amines) is 1. The van der Waals surface area contributed by atoms with E-state index < -0.39 is 0 Å². The van der Waals surface area contributed by atoms with Crippen molar-refractivity contribution in [1.29, 1.82) is 5.26 Å². The van der Waals surface area contributed by atoms with Crippen LogP contribution in [0.4, 0.5) is 0 Å². The molecule has 1 N–H and O–H groups in total. The zero-order valence-corrected chi connectivity index (χ0v) is 14.4. The van der Waals surface area contributed by atoms with E-state index in [2.05, 4.69) is 30.1 Å². The molecule has 0 aromatic rings. The highest BCUT2D eigenvalue weighted by Gasteiger charge is 2.37. The van der Waals surface area contributed by atoms with E-state index in [-0.39, 0.29) is 42.8 Å². The molecule has 2 rings (SSSR count). The summed E-state index contributed by atoms with van der Waals surface area (Å²) in [5.41, 5.74) is 0. The Bertz CT molecular complexity index is 370. The molecular formula is C14H26Cl2N4O. The number of nitriles is 1. The smallest absolute Gasteiger partial charge is 0.240 e. The molecule has 0 aromatic carbocycles. The van der Waals surface area contributed by atoms with Crippen LogP contribution >= 0.6 is 24.8 Å². The van der Waals surface area contributed by atoms with Gasteiger partial charge in [0.05, 0.1) is 12.1 Å². The van der Waals surface area contributed by atoms with Crippen molar-refractivity contribution in [3.63, 3.8) is 0 Å². The van der Waals surface area contributed by atoms with Crippen LogP contribution < -0.4 is 5.32 Å². The lowest BCUT2D eigenvalue weighted by molar-refractivity contribution is -0.133. The van der Waals surface area contributed by atoms with Gasteiger partial charge in [0, 0.05) is 19.1 Å². The number of rotatable bonds is 4. The van der Waals surface area contributed by atoms with Crippen LogP contribution in [0, 0.1) is 11.3 Å². The van der Waals surface area contributed by atoms with Crippen LogP contribution in [0.2, 0.25) is 0 Å². The van der Waals surface area contributed by atoms with Crippen LogP contribution in [0.25, 0.3) is 0 Å². The van der Waals surface area contributed by atoms with E-state index in [9.17, 15) is 4.79 Å². The third kappa shape index (κ3) is 4.46. The third-order valence-corrected chi connectivity index (χ3v) is 4.42. The number of carbonyl (C=O) groups excluding carboxylic acids is 1. The Kier molecular flexibility index (Phi) is 9.23. The minimum absolute atomic E-state index is 0. The minimum atomic E-state index is -0.207. The van der Waals surface area contributed by atoms with Gasteiger partial charge >= 0.3 is 0 Å². The molecule has 0 saturated carbocycles. The molecule has 2 saturated heterocycles. The molecule has 2 aliphatic heterocycles. The first-order valence-corrected chi connectivity index (χ1v) is 7.38. The molecule has 0 spiro atoms. The number of likely N-dealkylation sites (N-methyl/N-ethyl adjacent to an activating group) is 1. The first kappa shape index (κ1) is 20.5. The second kappa shape index (κ2) is 9.47. The molecule has 2 heterocycles. The fourth-order valence-electron chi connectivity index (χ4n) is 3.29. The van der Waals surface area contributed by atoms with Gasteiger partial charge < -0.3 is 10.2 Å². The summed E-state index contributed by atoms with van der Waals surface area (Å²) in [7, 11) is 0. The summed E-state index contributed by atoms with van der Waals surface area (Å²) in [5, 5.41) is 12.4. The fraction of sp³-hybridized carbons (Fsp3) is 0.857. The molecule has 1 unspecified atom stereocenters. The standard InChI is InChI=1S/C14H24N4O.2ClH/c1-3-17(4-2)12-8-13(16-10-12)14(19)18-7-5-6-11(18)9-15;;/h11-13,16H,3-8,10H2,1-2H3;2*1H/t11?,12-,13-;;/m0../s1. The molecule has 0 bridgehead atoms. The van der Waals surface area contributed by atoms with Gasteiger partial charge in [-0.15, -0.1) is 24.8 Å². The topological polar surface area (TPSA) is 59.4 Å². The molecule has 1 amide bonds. The molecule has 2 fully saturated rings. The summed E-state index contributed by atoms with van der Waals surface area (Å²) in [4.78, 5) is 16.6. The summed E-state index contributed by atoms with van der Waals surface area (Å²) in [6.45, 7) is 7.98. The molecule has 0 aliphatic carbocycles. The van der Waals surface area contributed by atoms with Crippen LogP contribution in [0.5, 0.6) is 0 Å². The average Bonchev–Trinajstić information content (AvgIpc) is 3.08. The third-order valence-electron chi connectivity index (χ3n) is 4.42. The zero-order chi connectivity index (χ0) is 13.8.